The first-order valence-electron chi connectivity index (χ1n) is 11.7. The zero-order chi connectivity index (χ0) is 29.0. The van der Waals surface area contributed by atoms with Crippen LogP contribution in [0.3, 0.4) is 0 Å². The zero-order valence-electron chi connectivity index (χ0n) is 21.7. The Kier molecular flexibility index (Phi) is 9.32. The number of hydrogen-bond donors (Lipinski definition) is 3. The van der Waals surface area contributed by atoms with Crippen molar-refractivity contribution < 1.29 is 33.9 Å². The number of anilines is 1. The van der Waals surface area contributed by atoms with Gasteiger partial charge in [-0.3, -0.25) is 19.8 Å². The highest BCUT2D eigenvalue weighted by Crippen LogP contribution is 2.41. The average Bonchev–Trinajstić information content (AvgIpc) is 3.60. The van der Waals surface area contributed by atoms with E-state index >= 15 is 0 Å². The number of ether oxygens (including phenoxy) is 1. The van der Waals surface area contributed by atoms with Crippen LogP contribution in [0.2, 0.25) is 0 Å². The largest absolute Gasteiger partial charge is 0.477 e. The molecule has 0 aliphatic carbocycles. The predicted octanol–water partition coefficient (Wildman–Crippen LogP) is 2.61. The number of oxime groups is 1. The maximum absolute atomic E-state index is 13.1. The van der Waals surface area contributed by atoms with E-state index in [0.29, 0.717) is 27.8 Å². The molecule has 214 valence electrons. The highest BCUT2D eigenvalue weighted by molar-refractivity contribution is 8.01. The lowest BCUT2D eigenvalue weighted by atomic mass is 10.0. The van der Waals surface area contributed by atoms with Gasteiger partial charge >= 0.3 is 12.1 Å². The quantitative estimate of drug-likeness (QED) is 0.143. The molecule has 3 amide bonds. The normalized spacial score (nSPS) is 19.1. The summed E-state index contributed by atoms with van der Waals surface area (Å²) in [5.74, 6) is -1.82. The Balaban J connectivity index is 1.43. The lowest BCUT2D eigenvalue weighted by molar-refractivity contribution is -0.150. The lowest BCUT2D eigenvalue weighted by Crippen LogP contribution is -2.71. The molecule has 0 saturated carbocycles. The molecule has 0 radical (unpaired) electrons. The minimum atomic E-state index is -1.22. The van der Waals surface area contributed by atoms with E-state index in [2.05, 4.69) is 31.0 Å². The van der Waals surface area contributed by atoms with Gasteiger partial charge in [0.2, 0.25) is 0 Å². The first-order valence-corrected chi connectivity index (χ1v) is 15.5. The van der Waals surface area contributed by atoms with E-state index in [1.165, 1.54) is 52.3 Å². The molecule has 1 unspecified atom stereocenters. The van der Waals surface area contributed by atoms with Crippen molar-refractivity contribution in [1.29, 1.82) is 0 Å². The van der Waals surface area contributed by atoms with Crippen molar-refractivity contribution in [2.45, 2.75) is 48.5 Å². The van der Waals surface area contributed by atoms with E-state index in [4.69, 9.17) is 9.57 Å². The van der Waals surface area contributed by atoms with Crippen LogP contribution in [0.5, 0.6) is 0 Å². The summed E-state index contributed by atoms with van der Waals surface area (Å²) < 4.78 is 6.04. The lowest BCUT2D eigenvalue weighted by Gasteiger charge is -2.49. The minimum Gasteiger partial charge on any atom is -0.477 e. The van der Waals surface area contributed by atoms with E-state index in [9.17, 15) is 24.3 Å². The topological polar surface area (TPSA) is 185 Å². The molecule has 3 N–H and O–H groups in total. The van der Waals surface area contributed by atoms with Crippen LogP contribution >= 0.6 is 46.2 Å². The number of carbonyl (C=O) groups excluding carboxylic acids is 3. The molecule has 2 aliphatic rings. The Hall–Kier alpha value is -3.22. The molecule has 0 aromatic carbocycles. The number of thioether (sulfide) groups is 2. The Labute approximate surface area is 245 Å². The summed E-state index contributed by atoms with van der Waals surface area (Å²) in [4.78, 5) is 60.7. The van der Waals surface area contributed by atoms with Crippen molar-refractivity contribution in [3.8, 4) is 0 Å². The number of amides is 3. The van der Waals surface area contributed by atoms with Crippen molar-refractivity contribution in [3.63, 3.8) is 0 Å². The third kappa shape index (κ3) is 6.56. The van der Waals surface area contributed by atoms with Crippen LogP contribution in [-0.4, -0.2) is 90.4 Å². The third-order valence-corrected chi connectivity index (χ3v) is 9.86. The fraction of sp³-hybridized carbons (Fsp3) is 0.455. The Morgan fingerprint density at radius 2 is 2.10 bits per heavy atom. The number of carbonyl (C=O) groups is 4. The van der Waals surface area contributed by atoms with Crippen LogP contribution in [0.4, 0.5) is 9.93 Å². The summed E-state index contributed by atoms with van der Waals surface area (Å²) in [6.07, 6.45) is -0.0837. The van der Waals surface area contributed by atoms with Crippen LogP contribution < -0.4 is 10.6 Å². The molecule has 0 bridgehead atoms. The van der Waals surface area contributed by atoms with Gasteiger partial charge in [-0.1, -0.05) is 35.2 Å². The predicted molar refractivity (Wildman–Crippen MR) is 150 cm³/mol. The molecule has 2 aromatic heterocycles. The van der Waals surface area contributed by atoms with E-state index in [-0.39, 0.29) is 22.2 Å². The summed E-state index contributed by atoms with van der Waals surface area (Å²) in [5.41, 5.74) is 1.30. The first kappa shape index (κ1) is 29.8. The number of rotatable bonds is 11. The Morgan fingerprint density at radius 3 is 2.75 bits per heavy atom. The standard InChI is InChI=1S/C22H25N7O7S4/c1-5-22(2,3)36-20(34)26-19-24-11(8-38-19)12(28-35-4)15(30)25-13-16(31)29-14(18(32)33)10(6-37-17(13)29)7-39-21-27-23-9-40-21/h8-9,13,17H,5-7H2,1-4H3,(H,25,30)(H,32,33)(H,24,26,34)/b28-12+/t13?,17-/m1/s1. The fourth-order valence-electron chi connectivity index (χ4n) is 3.55. The second-order valence-corrected chi connectivity index (χ2v) is 12.9. The van der Waals surface area contributed by atoms with Crippen molar-refractivity contribution in [1.82, 2.24) is 25.4 Å². The van der Waals surface area contributed by atoms with Crippen LogP contribution in [0.15, 0.2) is 31.7 Å². The van der Waals surface area contributed by atoms with Gasteiger partial charge in [-0.25, -0.2) is 14.6 Å². The number of carboxylic acids is 1. The summed E-state index contributed by atoms with van der Waals surface area (Å²) in [6.45, 7) is 5.43. The van der Waals surface area contributed by atoms with Gasteiger partial charge < -0.3 is 20.0 Å². The molecule has 4 heterocycles. The molecular formula is C22H25N7O7S4. The minimum absolute atomic E-state index is 0.0876. The second-order valence-electron chi connectivity index (χ2n) is 8.90. The fourth-order valence-corrected chi connectivity index (χ4v) is 7.20. The van der Waals surface area contributed by atoms with Gasteiger partial charge in [0.25, 0.3) is 11.8 Å². The highest BCUT2D eigenvalue weighted by Gasteiger charge is 2.54. The number of β-lactam (4-membered cyclic amide) rings is 1. The molecule has 4 rings (SSSR count). The third-order valence-electron chi connectivity index (χ3n) is 5.82. The molecule has 1 fully saturated rings. The SMILES string of the molecule is CCC(C)(C)OC(=O)Nc1nc(/C(=N\OC)C(=O)NC2C(=O)N3C(C(=O)O)=C(CSc4nncs4)CS[C@H]23)cs1. The molecule has 2 aromatic rings. The molecule has 2 aliphatic heterocycles. The van der Waals surface area contributed by atoms with Gasteiger partial charge in [-0.2, -0.15) is 0 Å². The Morgan fingerprint density at radius 1 is 1.32 bits per heavy atom. The number of fused-ring (bicyclic) bond motifs is 1. The summed E-state index contributed by atoms with van der Waals surface area (Å²) in [6, 6.07) is -0.978. The summed E-state index contributed by atoms with van der Waals surface area (Å²) in [5, 5.41) is 27.5. The monoisotopic (exact) mass is 627 g/mol. The van der Waals surface area contributed by atoms with Gasteiger partial charge in [0.05, 0.1) is 0 Å². The van der Waals surface area contributed by atoms with Crippen molar-refractivity contribution in [2.24, 2.45) is 5.16 Å². The number of thiazole rings is 1. The average molecular weight is 628 g/mol. The molecule has 40 heavy (non-hydrogen) atoms. The molecule has 2 atom stereocenters. The summed E-state index contributed by atoms with van der Waals surface area (Å²) >= 11 is 5.08. The van der Waals surface area contributed by atoms with Crippen molar-refractivity contribution in [2.75, 3.05) is 23.9 Å². The van der Waals surface area contributed by atoms with E-state index in [0.717, 1.165) is 11.3 Å². The number of carboxylic acid groups (broad SMARTS) is 1. The smallest absolute Gasteiger partial charge is 0.413 e. The molecule has 14 nitrogen and oxygen atoms in total. The van der Waals surface area contributed by atoms with Gasteiger partial charge in [0.15, 0.2) is 15.2 Å². The zero-order valence-corrected chi connectivity index (χ0v) is 25.0. The second kappa shape index (κ2) is 12.5. The number of nitrogens with one attached hydrogen (secondary N) is 2. The maximum Gasteiger partial charge on any atom is 0.413 e. The van der Waals surface area contributed by atoms with Crippen LogP contribution in [0.1, 0.15) is 32.9 Å². The van der Waals surface area contributed by atoms with Gasteiger partial charge in [-0.05, 0) is 25.8 Å². The molecule has 18 heteroatoms. The van der Waals surface area contributed by atoms with Crippen LogP contribution in [0.25, 0.3) is 0 Å². The van der Waals surface area contributed by atoms with E-state index < -0.39 is 40.9 Å². The van der Waals surface area contributed by atoms with Crippen molar-refractivity contribution in [3.05, 3.63) is 27.9 Å². The van der Waals surface area contributed by atoms with Crippen LogP contribution in [0, 0.1) is 0 Å². The van der Waals surface area contributed by atoms with Crippen molar-refractivity contribution >= 4 is 80.9 Å². The van der Waals surface area contributed by atoms with E-state index in [1.54, 1.807) is 19.4 Å². The highest BCUT2D eigenvalue weighted by atomic mass is 32.2. The Bertz CT molecular complexity index is 1360. The molecule has 1 saturated heterocycles. The number of aromatic nitrogens is 3. The summed E-state index contributed by atoms with van der Waals surface area (Å²) in [7, 11) is 1.25. The first-order chi connectivity index (χ1) is 19.0. The molecule has 0 spiro atoms. The van der Waals surface area contributed by atoms with E-state index in [1.807, 2.05) is 6.92 Å². The molecular weight excluding hydrogens is 603 g/mol. The number of hydrogen-bond acceptors (Lipinski definition) is 14. The number of aliphatic carboxylic acids is 1. The van der Waals surface area contributed by atoms with Gasteiger partial charge in [0, 0.05) is 16.9 Å². The number of nitrogens with zero attached hydrogens (tertiary/aromatic N) is 5. The van der Waals surface area contributed by atoms with Gasteiger partial charge in [0.1, 0.15) is 41.0 Å². The van der Waals surface area contributed by atoms with Crippen LogP contribution in [-0.2, 0) is 24.0 Å². The van der Waals surface area contributed by atoms with Gasteiger partial charge in [-0.15, -0.1) is 33.3 Å². The maximum atomic E-state index is 13.1.